The zero-order chi connectivity index (χ0) is 12.4. The first-order chi connectivity index (χ1) is 8.15. The van der Waals surface area contributed by atoms with Crippen LogP contribution in [0.2, 0.25) is 5.02 Å². The first-order valence-corrected chi connectivity index (χ1v) is 5.50. The fraction of sp³-hybridized carbons (Fsp3) is 0.167. The molecule has 0 aliphatic carbocycles. The summed E-state index contributed by atoms with van der Waals surface area (Å²) in [7, 11) is 0. The van der Waals surface area contributed by atoms with Crippen LogP contribution in [0.5, 0.6) is 0 Å². The molecule has 0 aliphatic heterocycles. The van der Waals surface area contributed by atoms with Crippen LogP contribution in [-0.2, 0) is 9.53 Å². The number of esters is 1. The number of hydrogen-bond acceptors (Lipinski definition) is 3. The van der Waals surface area contributed by atoms with Gasteiger partial charge in [0.1, 0.15) is 0 Å². The van der Waals surface area contributed by atoms with Gasteiger partial charge in [0.05, 0.1) is 22.7 Å². The number of aromatic amines is 1. The predicted octanol–water partition coefficient (Wildman–Crippen LogP) is 2.57. The topological polar surface area (TPSA) is 59.2 Å². The maximum atomic E-state index is 11.8. The van der Waals surface area contributed by atoms with E-state index in [0.717, 1.165) is 0 Å². The number of nitrogens with one attached hydrogen (secondary N) is 1. The van der Waals surface area contributed by atoms with Gasteiger partial charge in [-0.3, -0.25) is 4.79 Å². The maximum Gasteiger partial charge on any atom is 0.379 e. The van der Waals surface area contributed by atoms with Crippen molar-refractivity contribution < 1.29 is 14.3 Å². The molecule has 0 saturated carbocycles. The lowest BCUT2D eigenvalue weighted by molar-refractivity contribution is -0.137. The van der Waals surface area contributed by atoms with Crippen molar-refractivity contribution >= 4 is 34.3 Å². The molecule has 17 heavy (non-hydrogen) atoms. The monoisotopic (exact) mass is 251 g/mol. The highest BCUT2D eigenvalue weighted by Crippen LogP contribution is 2.25. The SMILES string of the molecule is CCOC(=O)C(=O)c1cccc2c(Cl)c[nH]c12. The number of carbonyl (C=O) groups is 2. The molecule has 88 valence electrons. The number of rotatable bonds is 3. The third-order valence-electron chi connectivity index (χ3n) is 2.37. The van der Waals surface area contributed by atoms with Crippen LogP contribution >= 0.6 is 11.6 Å². The van der Waals surface area contributed by atoms with Gasteiger partial charge in [0.2, 0.25) is 0 Å². The number of ketones is 1. The fourth-order valence-electron chi connectivity index (χ4n) is 1.62. The summed E-state index contributed by atoms with van der Waals surface area (Å²) >= 11 is 5.93. The molecule has 0 unspecified atom stereocenters. The van der Waals surface area contributed by atoms with Crippen LogP contribution in [0.4, 0.5) is 0 Å². The lowest BCUT2D eigenvalue weighted by Crippen LogP contribution is -2.17. The molecule has 1 aromatic carbocycles. The number of hydrogen-bond donors (Lipinski definition) is 1. The van der Waals surface area contributed by atoms with Gasteiger partial charge in [-0.1, -0.05) is 23.7 Å². The number of ether oxygens (including phenoxy) is 1. The number of halogens is 1. The van der Waals surface area contributed by atoms with Crippen LogP contribution in [0.15, 0.2) is 24.4 Å². The molecule has 0 fully saturated rings. The Hall–Kier alpha value is -1.81. The second-order valence-corrected chi connectivity index (χ2v) is 3.82. The summed E-state index contributed by atoms with van der Waals surface area (Å²) in [6.07, 6.45) is 1.58. The number of Topliss-reactive ketones (excluding diaryl/α,β-unsaturated/α-hetero) is 1. The Balaban J connectivity index is 2.49. The molecule has 5 heteroatoms. The van der Waals surface area contributed by atoms with Crippen molar-refractivity contribution in [2.24, 2.45) is 0 Å². The van der Waals surface area contributed by atoms with Crippen molar-refractivity contribution in [1.29, 1.82) is 0 Å². The molecular weight excluding hydrogens is 242 g/mol. The predicted molar refractivity (Wildman–Crippen MR) is 64.3 cm³/mol. The zero-order valence-electron chi connectivity index (χ0n) is 9.12. The summed E-state index contributed by atoms with van der Waals surface area (Å²) in [6.45, 7) is 1.82. The van der Waals surface area contributed by atoms with Crippen LogP contribution in [0.3, 0.4) is 0 Å². The van der Waals surface area contributed by atoms with Crippen molar-refractivity contribution in [2.45, 2.75) is 6.92 Å². The minimum atomic E-state index is -0.856. The summed E-state index contributed by atoms with van der Waals surface area (Å²) in [6, 6.07) is 5.01. The van der Waals surface area contributed by atoms with Crippen LogP contribution in [0.1, 0.15) is 17.3 Å². The highest BCUT2D eigenvalue weighted by molar-refractivity contribution is 6.43. The molecule has 1 aromatic heterocycles. The summed E-state index contributed by atoms with van der Waals surface area (Å²) in [5, 5.41) is 1.22. The molecule has 1 N–H and O–H groups in total. The van der Waals surface area contributed by atoms with Gasteiger partial charge in [0.15, 0.2) is 0 Å². The summed E-state index contributed by atoms with van der Waals surface area (Å²) in [4.78, 5) is 26.1. The number of carbonyl (C=O) groups excluding carboxylic acids is 2. The molecule has 0 saturated heterocycles. The molecule has 0 spiro atoms. The molecule has 0 atom stereocenters. The Kier molecular flexibility index (Phi) is 3.15. The number of fused-ring (bicyclic) bond motifs is 1. The lowest BCUT2D eigenvalue weighted by atomic mass is 10.1. The van der Waals surface area contributed by atoms with E-state index in [-0.39, 0.29) is 12.2 Å². The number of para-hydroxylation sites is 1. The quantitative estimate of drug-likeness (QED) is 0.518. The number of aromatic nitrogens is 1. The van der Waals surface area contributed by atoms with Gasteiger partial charge in [-0.25, -0.2) is 4.79 Å². The highest BCUT2D eigenvalue weighted by atomic mass is 35.5. The Morgan fingerprint density at radius 3 is 2.88 bits per heavy atom. The maximum absolute atomic E-state index is 11.8. The molecule has 4 nitrogen and oxygen atoms in total. The Bertz CT molecular complexity index is 588. The van der Waals surface area contributed by atoms with Gasteiger partial charge in [-0.15, -0.1) is 0 Å². The van der Waals surface area contributed by atoms with Crippen molar-refractivity contribution in [3.63, 3.8) is 0 Å². The normalized spacial score (nSPS) is 10.5. The Morgan fingerprint density at radius 2 is 2.18 bits per heavy atom. The van der Waals surface area contributed by atoms with E-state index in [1.54, 1.807) is 31.3 Å². The smallest absolute Gasteiger partial charge is 0.379 e. The summed E-state index contributed by atoms with van der Waals surface area (Å²) in [5.41, 5.74) is 0.823. The molecule has 2 aromatic rings. The first-order valence-electron chi connectivity index (χ1n) is 5.12. The molecule has 2 rings (SSSR count). The standard InChI is InChI=1S/C12H10ClNO3/c1-2-17-12(16)11(15)8-5-3-4-7-9(13)6-14-10(7)8/h3-6,14H,2H2,1H3. The van der Waals surface area contributed by atoms with Crippen molar-refractivity contribution in [3.05, 3.63) is 35.0 Å². The second-order valence-electron chi connectivity index (χ2n) is 3.41. The first kappa shape index (κ1) is 11.7. The molecule has 0 amide bonds. The fourth-order valence-corrected chi connectivity index (χ4v) is 1.83. The van der Waals surface area contributed by atoms with Gasteiger partial charge < -0.3 is 9.72 Å². The van der Waals surface area contributed by atoms with Crippen LogP contribution < -0.4 is 0 Å². The van der Waals surface area contributed by atoms with Crippen molar-refractivity contribution in [2.75, 3.05) is 6.61 Å². The minimum absolute atomic E-state index is 0.173. The van der Waals surface area contributed by atoms with E-state index in [1.807, 2.05) is 0 Å². The lowest BCUT2D eigenvalue weighted by Gasteiger charge is -2.02. The van der Waals surface area contributed by atoms with E-state index < -0.39 is 11.8 Å². The van der Waals surface area contributed by atoms with E-state index in [9.17, 15) is 9.59 Å². The largest absolute Gasteiger partial charge is 0.460 e. The molecule has 0 radical (unpaired) electrons. The third-order valence-corrected chi connectivity index (χ3v) is 2.68. The van der Waals surface area contributed by atoms with Crippen LogP contribution in [-0.4, -0.2) is 23.3 Å². The van der Waals surface area contributed by atoms with Crippen molar-refractivity contribution in [3.8, 4) is 0 Å². The molecular formula is C12H10ClNO3. The molecule has 0 aliphatic rings. The molecule has 1 heterocycles. The minimum Gasteiger partial charge on any atom is -0.460 e. The van der Waals surface area contributed by atoms with Crippen molar-refractivity contribution in [1.82, 2.24) is 4.98 Å². The van der Waals surface area contributed by atoms with E-state index in [1.165, 1.54) is 0 Å². The Labute approximate surface area is 103 Å². The van der Waals surface area contributed by atoms with Gasteiger partial charge in [-0.2, -0.15) is 0 Å². The Morgan fingerprint density at radius 1 is 1.41 bits per heavy atom. The summed E-state index contributed by atoms with van der Waals surface area (Å²) < 4.78 is 4.68. The molecule has 0 bridgehead atoms. The van der Waals surface area contributed by atoms with E-state index in [4.69, 9.17) is 11.6 Å². The van der Waals surface area contributed by atoms with E-state index in [2.05, 4.69) is 9.72 Å². The summed E-state index contributed by atoms with van der Waals surface area (Å²) in [5.74, 6) is -1.53. The van der Waals surface area contributed by atoms with Crippen LogP contribution in [0, 0.1) is 0 Å². The van der Waals surface area contributed by atoms with Gasteiger partial charge in [0, 0.05) is 11.6 Å². The van der Waals surface area contributed by atoms with E-state index in [0.29, 0.717) is 15.9 Å². The number of H-pyrrole nitrogens is 1. The van der Waals surface area contributed by atoms with Gasteiger partial charge in [0.25, 0.3) is 5.78 Å². The van der Waals surface area contributed by atoms with Gasteiger partial charge in [-0.05, 0) is 13.0 Å². The zero-order valence-corrected chi connectivity index (χ0v) is 9.88. The van der Waals surface area contributed by atoms with E-state index >= 15 is 0 Å². The van der Waals surface area contributed by atoms with Gasteiger partial charge >= 0.3 is 5.97 Å². The van der Waals surface area contributed by atoms with Crippen LogP contribution in [0.25, 0.3) is 10.9 Å². The third kappa shape index (κ3) is 2.03. The average molecular weight is 252 g/mol. The number of benzene rings is 1. The second kappa shape index (κ2) is 4.59. The highest BCUT2D eigenvalue weighted by Gasteiger charge is 2.20. The average Bonchev–Trinajstić information content (AvgIpc) is 2.71.